The van der Waals surface area contributed by atoms with E-state index in [4.69, 9.17) is 19.9 Å². The molecule has 7 aromatic carbocycles. The average Bonchev–Trinajstić information content (AvgIpc) is 4.09. The lowest BCUT2D eigenvalue weighted by Gasteiger charge is -2.13. The van der Waals surface area contributed by atoms with Gasteiger partial charge in [-0.05, 0) is 107 Å². The first-order valence-corrected chi connectivity index (χ1v) is 23.9. The second-order valence-electron chi connectivity index (χ2n) is 17.6. The fourth-order valence-electron chi connectivity index (χ4n) is 10.5. The molecule has 0 radical (unpaired) electrons. The van der Waals surface area contributed by atoms with E-state index in [1.165, 1.54) is 37.6 Å². The number of fused-ring (bicyclic) bond motifs is 10. The Hall–Kier alpha value is -8.26. The van der Waals surface area contributed by atoms with Crippen molar-refractivity contribution >= 4 is 98.0 Å². The van der Waals surface area contributed by atoms with Crippen LogP contribution in [0.5, 0.6) is 0 Å². The summed E-state index contributed by atoms with van der Waals surface area (Å²) in [6.07, 6.45) is 17.4. The summed E-state index contributed by atoms with van der Waals surface area (Å²) in [5.41, 5.74) is 14.1. The summed E-state index contributed by atoms with van der Waals surface area (Å²) in [5, 5.41) is 8.11. The van der Waals surface area contributed by atoms with E-state index in [2.05, 4.69) is 191 Å². The van der Waals surface area contributed by atoms with Gasteiger partial charge in [-0.3, -0.25) is 9.13 Å². The number of hydrogen-bond acceptors (Lipinski definition) is 5. The second kappa shape index (κ2) is 15.2. The standard InChI is InChI=1S/C60H40N6S/c1-4-17-38(18-5-1)54-36-49-58(67-54)57(40-21-8-3-9-22-40)64-60(62-49)66-52-32-30-42(35-47(52)55-43-23-11-10-16-37(43)28-33-53(55)66)41-29-31-51-46(34-41)44-24-13-15-27-50(44)65(51)59-61-48-26-14-12-25-45(48)56(63-59)39-19-6-2-7-20-39/h1-4,6-8,10-17,19-21,23-36H,5,9,18,22H2. The van der Waals surface area contributed by atoms with E-state index in [9.17, 15) is 0 Å². The Kier molecular flexibility index (Phi) is 8.61. The average molecular weight is 877 g/mol. The molecule has 67 heavy (non-hydrogen) atoms. The van der Waals surface area contributed by atoms with E-state index in [0.717, 1.165) is 108 Å². The minimum Gasteiger partial charge on any atom is -0.278 e. The third kappa shape index (κ3) is 6.08. The van der Waals surface area contributed by atoms with Crippen molar-refractivity contribution < 1.29 is 0 Å². The van der Waals surface area contributed by atoms with Crippen LogP contribution >= 0.6 is 11.3 Å². The summed E-state index contributed by atoms with van der Waals surface area (Å²) in [7, 11) is 0. The van der Waals surface area contributed by atoms with E-state index in [-0.39, 0.29) is 0 Å². The van der Waals surface area contributed by atoms with Crippen LogP contribution in [0.4, 0.5) is 0 Å². The first kappa shape index (κ1) is 38.1. The van der Waals surface area contributed by atoms with E-state index in [0.29, 0.717) is 11.9 Å². The van der Waals surface area contributed by atoms with Crippen molar-refractivity contribution in [1.29, 1.82) is 0 Å². The first-order chi connectivity index (χ1) is 33.2. The molecule has 0 unspecified atom stereocenters. The van der Waals surface area contributed by atoms with Gasteiger partial charge in [-0.1, -0.05) is 146 Å². The van der Waals surface area contributed by atoms with Crippen molar-refractivity contribution in [3.05, 3.63) is 205 Å². The Morgan fingerprint density at radius 2 is 1.03 bits per heavy atom. The van der Waals surface area contributed by atoms with Crippen molar-refractivity contribution in [2.75, 3.05) is 0 Å². The molecule has 2 aliphatic carbocycles. The zero-order valence-corrected chi connectivity index (χ0v) is 37.2. The van der Waals surface area contributed by atoms with Crippen LogP contribution in [0.25, 0.3) is 121 Å². The maximum Gasteiger partial charge on any atom is 0.235 e. The van der Waals surface area contributed by atoms with Crippen LogP contribution in [0.3, 0.4) is 0 Å². The summed E-state index contributed by atoms with van der Waals surface area (Å²) in [6.45, 7) is 0. The highest BCUT2D eigenvalue weighted by atomic mass is 32.1. The molecule has 0 fully saturated rings. The molecular weight excluding hydrogens is 837 g/mol. The SMILES string of the molecule is C1=CCCC(c2cc3nc(-n4c5ccc(-c6ccc7c(c6)c6ccccc6n7-c6nc(-c7ccccc7)c7ccccc7n6)cc5c5c6ccccc6ccc54)nc(C4=CC=CCC4)c3s2)=C1. The molecule has 0 amide bonds. The largest absolute Gasteiger partial charge is 0.278 e. The number of benzene rings is 7. The summed E-state index contributed by atoms with van der Waals surface area (Å²) in [4.78, 5) is 22.8. The number of thiophene rings is 1. The van der Waals surface area contributed by atoms with Gasteiger partial charge in [0.2, 0.25) is 11.9 Å². The summed E-state index contributed by atoms with van der Waals surface area (Å²) >= 11 is 1.83. The smallest absolute Gasteiger partial charge is 0.235 e. The van der Waals surface area contributed by atoms with Gasteiger partial charge in [-0.2, -0.15) is 0 Å². The Morgan fingerprint density at radius 1 is 0.418 bits per heavy atom. The van der Waals surface area contributed by atoms with Crippen LogP contribution in [-0.2, 0) is 0 Å². The van der Waals surface area contributed by atoms with Crippen molar-refractivity contribution in [2.24, 2.45) is 0 Å². The van der Waals surface area contributed by atoms with Gasteiger partial charge < -0.3 is 0 Å². The Balaban J connectivity index is 0.970. The highest BCUT2D eigenvalue weighted by Gasteiger charge is 2.23. The summed E-state index contributed by atoms with van der Waals surface area (Å²) in [5.74, 6) is 1.35. The molecule has 316 valence electrons. The van der Waals surface area contributed by atoms with Crippen molar-refractivity contribution in [3.63, 3.8) is 0 Å². The maximum absolute atomic E-state index is 5.53. The molecule has 14 rings (SSSR count). The van der Waals surface area contributed by atoms with Crippen LogP contribution < -0.4 is 0 Å². The summed E-state index contributed by atoms with van der Waals surface area (Å²) in [6, 6.07) is 56.6. The molecule has 0 N–H and O–H groups in total. The molecule has 7 heteroatoms. The molecule has 5 heterocycles. The second-order valence-corrected chi connectivity index (χ2v) is 18.7. The number of allylic oxidation sites excluding steroid dienone is 8. The first-order valence-electron chi connectivity index (χ1n) is 23.1. The molecule has 0 bridgehead atoms. The molecule has 0 spiro atoms. The van der Waals surface area contributed by atoms with Crippen molar-refractivity contribution in [2.45, 2.75) is 25.7 Å². The van der Waals surface area contributed by atoms with Crippen LogP contribution in [0.1, 0.15) is 36.3 Å². The van der Waals surface area contributed by atoms with E-state index in [1.807, 2.05) is 23.5 Å². The Bertz CT molecular complexity index is 4160. The highest BCUT2D eigenvalue weighted by Crippen LogP contribution is 2.43. The van der Waals surface area contributed by atoms with Gasteiger partial charge in [0, 0.05) is 37.4 Å². The monoisotopic (exact) mass is 876 g/mol. The van der Waals surface area contributed by atoms with Gasteiger partial charge >= 0.3 is 0 Å². The van der Waals surface area contributed by atoms with Gasteiger partial charge in [0.05, 0.1) is 49.2 Å². The molecule has 0 aliphatic heterocycles. The topological polar surface area (TPSA) is 61.4 Å². The number of nitrogens with zero attached hydrogens (tertiary/aromatic N) is 6. The van der Waals surface area contributed by atoms with E-state index in [1.54, 1.807) is 0 Å². The van der Waals surface area contributed by atoms with Crippen LogP contribution in [-0.4, -0.2) is 29.1 Å². The lowest BCUT2D eigenvalue weighted by Crippen LogP contribution is -2.04. The predicted molar refractivity (Wildman–Crippen MR) is 280 cm³/mol. The lowest BCUT2D eigenvalue weighted by atomic mass is 9.99. The minimum atomic E-state index is 0.652. The molecule has 5 aromatic heterocycles. The Labute approximate surface area is 389 Å². The highest BCUT2D eigenvalue weighted by molar-refractivity contribution is 7.20. The van der Waals surface area contributed by atoms with Crippen LogP contribution in [0, 0.1) is 0 Å². The van der Waals surface area contributed by atoms with Gasteiger partial charge in [0.1, 0.15) is 0 Å². The molecule has 0 saturated carbocycles. The number of aromatic nitrogens is 6. The normalized spacial score (nSPS) is 14.1. The third-order valence-electron chi connectivity index (χ3n) is 13.7. The molecule has 6 nitrogen and oxygen atoms in total. The third-order valence-corrected chi connectivity index (χ3v) is 14.9. The number of rotatable bonds is 6. The zero-order valence-electron chi connectivity index (χ0n) is 36.4. The van der Waals surface area contributed by atoms with Crippen molar-refractivity contribution in [1.82, 2.24) is 29.1 Å². The molecule has 0 atom stereocenters. The predicted octanol–water partition coefficient (Wildman–Crippen LogP) is 15.8. The maximum atomic E-state index is 5.53. The van der Waals surface area contributed by atoms with Gasteiger partial charge in [-0.15, -0.1) is 11.3 Å². The quantitative estimate of drug-likeness (QED) is 0.167. The summed E-state index contributed by atoms with van der Waals surface area (Å²) < 4.78 is 5.68. The van der Waals surface area contributed by atoms with E-state index >= 15 is 0 Å². The van der Waals surface area contributed by atoms with Gasteiger partial charge in [0.15, 0.2) is 0 Å². The van der Waals surface area contributed by atoms with E-state index < -0.39 is 0 Å². The number of hydrogen-bond donors (Lipinski definition) is 0. The Morgan fingerprint density at radius 3 is 1.82 bits per heavy atom. The molecular formula is C60H40N6S. The van der Waals surface area contributed by atoms with Crippen LogP contribution in [0.2, 0.25) is 0 Å². The molecule has 0 saturated heterocycles. The van der Waals surface area contributed by atoms with Gasteiger partial charge in [-0.25, -0.2) is 19.9 Å². The fourth-order valence-corrected chi connectivity index (χ4v) is 11.7. The number of para-hydroxylation sites is 2. The van der Waals surface area contributed by atoms with Crippen molar-refractivity contribution in [3.8, 4) is 34.3 Å². The molecule has 12 aromatic rings. The lowest BCUT2D eigenvalue weighted by molar-refractivity contribution is 0.985. The fraction of sp³-hybridized carbons (Fsp3) is 0.0667. The zero-order chi connectivity index (χ0) is 44.0. The minimum absolute atomic E-state index is 0.652. The van der Waals surface area contributed by atoms with Gasteiger partial charge in [0.25, 0.3) is 0 Å². The van der Waals surface area contributed by atoms with Crippen LogP contribution in [0.15, 0.2) is 194 Å². The molecule has 2 aliphatic rings.